The van der Waals surface area contributed by atoms with Gasteiger partial charge in [0.15, 0.2) is 0 Å². The van der Waals surface area contributed by atoms with Crippen LogP contribution in [0, 0.1) is 5.92 Å². The maximum atomic E-state index is 12.0. The van der Waals surface area contributed by atoms with Crippen molar-refractivity contribution in [3.63, 3.8) is 0 Å². The van der Waals surface area contributed by atoms with Crippen molar-refractivity contribution in [2.24, 2.45) is 5.92 Å². The van der Waals surface area contributed by atoms with Gasteiger partial charge in [0.25, 0.3) is 0 Å². The highest BCUT2D eigenvalue weighted by Gasteiger charge is 2.20. The molecule has 1 aromatic carbocycles. The van der Waals surface area contributed by atoms with Gasteiger partial charge in [-0.2, -0.15) is 0 Å². The van der Waals surface area contributed by atoms with E-state index in [0.717, 1.165) is 43.6 Å². The Hall–Kier alpha value is -1.88. The first kappa shape index (κ1) is 16.5. The minimum atomic E-state index is 0.0355. The van der Waals surface area contributed by atoms with Gasteiger partial charge in [0.2, 0.25) is 11.8 Å². The molecule has 1 saturated heterocycles. The highest BCUT2D eigenvalue weighted by atomic mass is 16.2. The maximum absolute atomic E-state index is 12.0. The molecule has 0 aliphatic carbocycles. The van der Waals surface area contributed by atoms with Crippen LogP contribution in [0.4, 0.5) is 5.69 Å². The van der Waals surface area contributed by atoms with E-state index in [9.17, 15) is 9.59 Å². The van der Waals surface area contributed by atoms with E-state index < -0.39 is 0 Å². The number of amides is 2. The lowest BCUT2D eigenvalue weighted by Crippen LogP contribution is -2.40. The monoisotopic (exact) mass is 303 g/mol. The Bertz CT molecular complexity index is 493. The van der Waals surface area contributed by atoms with E-state index in [2.05, 4.69) is 16.0 Å². The zero-order chi connectivity index (χ0) is 15.8. The first-order valence-corrected chi connectivity index (χ1v) is 8.06. The molecule has 0 aromatic heterocycles. The summed E-state index contributed by atoms with van der Waals surface area (Å²) in [6.45, 7) is 4.29. The van der Waals surface area contributed by atoms with Crippen molar-refractivity contribution in [1.82, 2.24) is 10.6 Å². The van der Waals surface area contributed by atoms with Crippen LogP contribution in [0.25, 0.3) is 0 Å². The first-order valence-electron chi connectivity index (χ1n) is 8.06. The van der Waals surface area contributed by atoms with Crippen molar-refractivity contribution in [3.05, 3.63) is 29.8 Å². The van der Waals surface area contributed by atoms with Gasteiger partial charge in [-0.15, -0.1) is 0 Å². The van der Waals surface area contributed by atoms with Gasteiger partial charge in [-0.1, -0.05) is 19.1 Å². The summed E-state index contributed by atoms with van der Waals surface area (Å²) in [4.78, 5) is 23.6. The highest BCUT2D eigenvalue weighted by Crippen LogP contribution is 2.12. The number of carbonyl (C=O) groups is 2. The lowest BCUT2D eigenvalue weighted by molar-refractivity contribution is -0.125. The number of hydrogen-bond donors (Lipinski definition) is 3. The first-order chi connectivity index (χ1) is 10.7. The average molecular weight is 303 g/mol. The Balaban J connectivity index is 1.78. The minimum Gasteiger partial charge on any atom is -0.352 e. The van der Waals surface area contributed by atoms with Gasteiger partial charge in [0, 0.05) is 25.2 Å². The van der Waals surface area contributed by atoms with Gasteiger partial charge < -0.3 is 16.0 Å². The number of benzene rings is 1. The number of nitrogens with one attached hydrogen (secondary N) is 3. The molecule has 1 atom stereocenters. The fourth-order valence-electron chi connectivity index (χ4n) is 2.57. The van der Waals surface area contributed by atoms with Crippen molar-refractivity contribution in [3.8, 4) is 0 Å². The molecular formula is C17H25N3O2. The fourth-order valence-corrected chi connectivity index (χ4v) is 2.57. The Morgan fingerprint density at radius 1 is 1.27 bits per heavy atom. The smallest absolute Gasteiger partial charge is 0.224 e. The third-order valence-corrected chi connectivity index (χ3v) is 3.85. The van der Waals surface area contributed by atoms with Crippen LogP contribution in [0.2, 0.25) is 0 Å². The maximum Gasteiger partial charge on any atom is 0.224 e. The van der Waals surface area contributed by atoms with Crippen molar-refractivity contribution in [2.45, 2.75) is 39.2 Å². The molecule has 1 unspecified atom stereocenters. The van der Waals surface area contributed by atoms with Crippen LogP contribution in [0.15, 0.2) is 24.3 Å². The largest absolute Gasteiger partial charge is 0.352 e. The normalized spacial score (nSPS) is 17.8. The molecular weight excluding hydrogens is 278 g/mol. The summed E-state index contributed by atoms with van der Waals surface area (Å²) in [7, 11) is 0. The molecule has 0 spiro atoms. The molecule has 120 valence electrons. The third kappa shape index (κ3) is 5.15. The highest BCUT2D eigenvalue weighted by molar-refractivity contribution is 5.90. The van der Waals surface area contributed by atoms with Crippen molar-refractivity contribution in [2.75, 3.05) is 18.4 Å². The van der Waals surface area contributed by atoms with Crippen molar-refractivity contribution < 1.29 is 9.59 Å². The minimum absolute atomic E-state index is 0.0355. The molecule has 3 N–H and O–H groups in total. The zero-order valence-electron chi connectivity index (χ0n) is 13.2. The Morgan fingerprint density at radius 2 is 2.05 bits per heavy atom. The van der Waals surface area contributed by atoms with E-state index in [1.165, 1.54) is 0 Å². The second-order valence-electron chi connectivity index (χ2n) is 5.76. The van der Waals surface area contributed by atoms with Crippen LogP contribution in [-0.4, -0.2) is 24.9 Å². The van der Waals surface area contributed by atoms with E-state index in [0.29, 0.717) is 13.0 Å². The Morgan fingerprint density at radius 3 is 2.68 bits per heavy atom. The van der Waals surface area contributed by atoms with Crippen molar-refractivity contribution >= 4 is 17.5 Å². The van der Waals surface area contributed by atoms with Gasteiger partial charge in [0.05, 0.1) is 5.92 Å². The van der Waals surface area contributed by atoms with Crippen molar-refractivity contribution in [1.29, 1.82) is 0 Å². The standard InChI is InChI=1S/C17H25N3O2/c1-2-4-16(21)20-15-8-6-13(7-9-15)11-19-17(22)14-5-3-10-18-12-14/h6-9,14,18H,2-5,10-12H2,1H3,(H,19,22)(H,20,21). The lowest BCUT2D eigenvalue weighted by Gasteiger charge is -2.21. The topological polar surface area (TPSA) is 70.2 Å². The summed E-state index contributed by atoms with van der Waals surface area (Å²) in [5.74, 6) is 0.238. The second kappa shape index (κ2) is 8.54. The quantitative estimate of drug-likeness (QED) is 0.753. The summed E-state index contributed by atoms with van der Waals surface area (Å²) in [5, 5.41) is 9.08. The molecule has 2 amide bonds. The molecule has 22 heavy (non-hydrogen) atoms. The number of hydrogen-bond acceptors (Lipinski definition) is 3. The number of rotatable bonds is 6. The van der Waals surface area contributed by atoms with E-state index in [1.54, 1.807) is 0 Å². The van der Waals surface area contributed by atoms with Crippen LogP contribution in [0.1, 0.15) is 38.2 Å². The lowest BCUT2D eigenvalue weighted by atomic mass is 9.99. The predicted molar refractivity (Wildman–Crippen MR) is 87.4 cm³/mol. The second-order valence-corrected chi connectivity index (χ2v) is 5.76. The average Bonchev–Trinajstić information content (AvgIpc) is 2.55. The molecule has 1 aliphatic rings. The molecule has 5 heteroatoms. The van der Waals surface area contributed by atoms with Gasteiger partial charge in [-0.3, -0.25) is 9.59 Å². The summed E-state index contributed by atoms with van der Waals surface area (Å²) in [6.07, 6.45) is 3.39. The van der Waals surface area contributed by atoms with Gasteiger partial charge >= 0.3 is 0 Å². The fraction of sp³-hybridized carbons (Fsp3) is 0.529. The van der Waals surface area contributed by atoms with Crippen LogP contribution >= 0.6 is 0 Å². The van der Waals surface area contributed by atoms with E-state index in [4.69, 9.17) is 0 Å². The Kier molecular flexibility index (Phi) is 6.40. The van der Waals surface area contributed by atoms with Gasteiger partial charge in [-0.25, -0.2) is 0 Å². The third-order valence-electron chi connectivity index (χ3n) is 3.85. The van der Waals surface area contributed by atoms with Crippen LogP contribution in [-0.2, 0) is 16.1 Å². The SMILES string of the molecule is CCCC(=O)Nc1ccc(CNC(=O)C2CCCNC2)cc1. The molecule has 0 radical (unpaired) electrons. The molecule has 5 nitrogen and oxygen atoms in total. The van der Waals surface area contributed by atoms with Crippen LogP contribution in [0.5, 0.6) is 0 Å². The molecule has 2 rings (SSSR count). The van der Waals surface area contributed by atoms with Gasteiger partial charge in [0.1, 0.15) is 0 Å². The molecule has 0 saturated carbocycles. The molecule has 0 bridgehead atoms. The van der Waals surface area contributed by atoms with Gasteiger partial charge in [-0.05, 0) is 43.5 Å². The predicted octanol–water partition coefficient (Wildman–Crippen LogP) is 2.04. The number of anilines is 1. The molecule has 1 heterocycles. The molecule has 1 aliphatic heterocycles. The molecule has 1 fully saturated rings. The Labute approximate surface area is 131 Å². The summed E-state index contributed by atoms with van der Waals surface area (Å²) in [5.41, 5.74) is 1.83. The number of piperidine rings is 1. The summed E-state index contributed by atoms with van der Waals surface area (Å²) in [6, 6.07) is 7.61. The van der Waals surface area contributed by atoms with Crippen LogP contribution < -0.4 is 16.0 Å². The molecule has 1 aromatic rings. The number of carbonyl (C=O) groups excluding carboxylic acids is 2. The van der Waals surface area contributed by atoms with E-state index in [-0.39, 0.29) is 17.7 Å². The summed E-state index contributed by atoms with van der Waals surface area (Å²) < 4.78 is 0. The van der Waals surface area contributed by atoms with E-state index >= 15 is 0 Å². The van der Waals surface area contributed by atoms with E-state index in [1.807, 2.05) is 31.2 Å². The summed E-state index contributed by atoms with van der Waals surface area (Å²) >= 11 is 0. The van der Waals surface area contributed by atoms with Crippen LogP contribution in [0.3, 0.4) is 0 Å². The zero-order valence-corrected chi connectivity index (χ0v) is 13.2.